The van der Waals surface area contributed by atoms with Crippen molar-refractivity contribution < 1.29 is 4.79 Å². The van der Waals surface area contributed by atoms with Gasteiger partial charge in [0.05, 0.1) is 5.02 Å². The van der Waals surface area contributed by atoms with Crippen LogP contribution in [-0.4, -0.2) is 10.2 Å². The minimum absolute atomic E-state index is 0.0835. The van der Waals surface area contributed by atoms with E-state index >= 15 is 0 Å². The Morgan fingerprint density at radius 2 is 1.71 bits per heavy atom. The predicted molar refractivity (Wildman–Crippen MR) is 90.0 cm³/mol. The van der Waals surface area contributed by atoms with Crippen molar-refractivity contribution in [3.8, 4) is 0 Å². The van der Waals surface area contributed by atoms with Gasteiger partial charge >= 0.3 is 0 Å². The zero-order valence-corrected chi connectivity index (χ0v) is 13.0. The van der Waals surface area contributed by atoms with Gasteiger partial charge in [-0.3, -0.25) is 4.79 Å². The Hall–Kier alpha value is -1.55. The van der Waals surface area contributed by atoms with Crippen LogP contribution in [0.25, 0.3) is 6.08 Å². The number of thioether (sulfide) groups is 1. The Morgan fingerprint density at radius 1 is 1.00 bits per heavy atom. The summed E-state index contributed by atoms with van der Waals surface area (Å²) in [5, 5.41) is 1.79. The van der Waals surface area contributed by atoms with Crippen molar-refractivity contribution in [1.29, 1.82) is 0 Å². The molecule has 0 saturated heterocycles. The smallest absolute Gasteiger partial charge is 0.244 e. The van der Waals surface area contributed by atoms with Crippen molar-refractivity contribution in [1.82, 2.24) is 0 Å². The number of aliphatic imine (C=N–C) groups is 1. The molecule has 104 valence electrons. The highest BCUT2D eigenvalue weighted by molar-refractivity contribution is 8.27. The molecule has 0 aliphatic carbocycles. The average molecular weight is 334 g/mol. The summed E-state index contributed by atoms with van der Waals surface area (Å²) in [5.41, 5.74) is 2.07. The molecule has 0 radical (unpaired) electrons. The van der Waals surface area contributed by atoms with Gasteiger partial charge in [0.2, 0.25) is 5.12 Å². The first-order chi connectivity index (χ1) is 10.1. The Labute approximate surface area is 136 Å². The summed E-state index contributed by atoms with van der Waals surface area (Å²) in [7, 11) is 0. The first-order valence-electron chi connectivity index (χ1n) is 6.16. The maximum absolute atomic E-state index is 12.1. The molecule has 21 heavy (non-hydrogen) atoms. The molecule has 0 saturated carbocycles. The summed E-state index contributed by atoms with van der Waals surface area (Å²) in [6.07, 6.45) is 1.75. The summed E-state index contributed by atoms with van der Waals surface area (Å²) in [5.74, 6) is 0. The van der Waals surface area contributed by atoms with Crippen LogP contribution in [0.2, 0.25) is 10.0 Å². The molecule has 0 amide bonds. The van der Waals surface area contributed by atoms with Crippen LogP contribution in [0, 0.1) is 0 Å². The third kappa shape index (κ3) is 3.21. The van der Waals surface area contributed by atoms with Gasteiger partial charge < -0.3 is 0 Å². The summed E-state index contributed by atoms with van der Waals surface area (Å²) < 4.78 is 0. The van der Waals surface area contributed by atoms with Crippen LogP contribution in [-0.2, 0) is 4.79 Å². The van der Waals surface area contributed by atoms with E-state index in [1.807, 2.05) is 30.3 Å². The van der Waals surface area contributed by atoms with Gasteiger partial charge in [0.25, 0.3) is 0 Å². The Balaban J connectivity index is 1.96. The number of rotatable bonds is 2. The third-order valence-electron chi connectivity index (χ3n) is 2.90. The van der Waals surface area contributed by atoms with E-state index < -0.39 is 0 Å². The van der Waals surface area contributed by atoms with Crippen molar-refractivity contribution in [2.75, 3.05) is 0 Å². The molecule has 0 fully saturated rings. The monoisotopic (exact) mass is 333 g/mol. The SMILES string of the molecule is O=C1SC(c2ccccc2Cl)=NC1=Cc1ccc(Cl)cc1. The molecule has 2 aromatic rings. The van der Waals surface area contributed by atoms with Crippen molar-refractivity contribution in [2.45, 2.75) is 0 Å². The minimum atomic E-state index is -0.0835. The van der Waals surface area contributed by atoms with E-state index in [9.17, 15) is 4.79 Å². The van der Waals surface area contributed by atoms with Gasteiger partial charge in [0, 0.05) is 10.6 Å². The quantitative estimate of drug-likeness (QED) is 0.719. The molecule has 5 heteroatoms. The number of halogens is 2. The third-order valence-corrected chi connectivity index (χ3v) is 4.38. The number of carbonyl (C=O) groups excluding carboxylic acids is 1. The van der Waals surface area contributed by atoms with Crippen LogP contribution in [0.3, 0.4) is 0 Å². The van der Waals surface area contributed by atoms with Gasteiger partial charge in [-0.1, -0.05) is 53.5 Å². The molecule has 2 nitrogen and oxygen atoms in total. The van der Waals surface area contributed by atoms with Gasteiger partial charge in [0.1, 0.15) is 10.7 Å². The van der Waals surface area contributed by atoms with E-state index in [1.165, 1.54) is 0 Å². The van der Waals surface area contributed by atoms with Crippen molar-refractivity contribution in [2.24, 2.45) is 4.99 Å². The second kappa shape index (κ2) is 6.06. The van der Waals surface area contributed by atoms with Crippen LogP contribution in [0.15, 0.2) is 59.2 Å². The van der Waals surface area contributed by atoms with Gasteiger partial charge in [-0.25, -0.2) is 4.99 Å². The normalized spacial score (nSPS) is 16.4. The van der Waals surface area contributed by atoms with E-state index in [-0.39, 0.29) is 5.12 Å². The van der Waals surface area contributed by atoms with Gasteiger partial charge in [0.15, 0.2) is 0 Å². The van der Waals surface area contributed by atoms with E-state index in [1.54, 1.807) is 24.3 Å². The number of hydrogen-bond acceptors (Lipinski definition) is 3. The molecular formula is C16H9Cl2NOS. The molecule has 0 aromatic heterocycles. The molecule has 1 aliphatic heterocycles. The molecule has 2 aromatic carbocycles. The lowest BCUT2D eigenvalue weighted by atomic mass is 10.2. The van der Waals surface area contributed by atoms with Crippen molar-refractivity contribution >= 4 is 51.2 Å². The highest BCUT2D eigenvalue weighted by Gasteiger charge is 2.24. The average Bonchev–Trinajstić information content (AvgIpc) is 2.83. The molecule has 3 rings (SSSR count). The Bertz CT molecular complexity index is 766. The topological polar surface area (TPSA) is 29.4 Å². The lowest BCUT2D eigenvalue weighted by Crippen LogP contribution is -1.93. The highest BCUT2D eigenvalue weighted by Crippen LogP contribution is 2.31. The van der Waals surface area contributed by atoms with E-state index in [0.717, 1.165) is 22.9 Å². The summed E-state index contributed by atoms with van der Waals surface area (Å²) in [6, 6.07) is 14.6. The molecule has 0 bridgehead atoms. The van der Waals surface area contributed by atoms with E-state index in [2.05, 4.69) is 4.99 Å². The number of hydrogen-bond donors (Lipinski definition) is 0. The summed E-state index contributed by atoms with van der Waals surface area (Å²) in [4.78, 5) is 16.4. The van der Waals surface area contributed by atoms with Crippen LogP contribution in [0.5, 0.6) is 0 Å². The fraction of sp³-hybridized carbons (Fsp3) is 0. The highest BCUT2D eigenvalue weighted by atomic mass is 35.5. The van der Waals surface area contributed by atoms with Gasteiger partial charge in [-0.2, -0.15) is 0 Å². The van der Waals surface area contributed by atoms with E-state index in [4.69, 9.17) is 23.2 Å². The lowest BCUT2D eigenvalue weighted by Gasteiger charge is -1.99. The fourth-order valence-corrected chi connectivity index (χ4v) is 3.10. The largest absolute Gasteiger partial charge is 0.279 e. The molecule has 1 aliphatic rings. The fourth-order valence-electron chi connectivity index (χ4n) is 1.88. The molecule has 0 spiro atoms. The molecule has 0 unspecified atom stereocenters. The first-order valence-corrected chi connectivity index (χ1v) is 7.74. The Morgan fingerprint density at radius 3 is 2.43 bits per heavy atom. The van der Waals surface area contributed by atoms with Crippen LogP contribution < -0.4 is 0 Å². The number of carbonyl (C=O) groups is 1. The van der Waals surface area contributed by atoms with Gasteiger partial charge in [-0.05, 0) is 41.6 Å². The maximum Gasteiger partial charge on any atom is 0.244 e. The molecule has 0 N–H and O–H groups in total. The standard InChI is InChI=1S/C16H9Cl2NOS/c17-11-7-5-10(6-8-11)9-14-16(20)21-15(19-14)12-3-1-2-4-13(12)18/h1-9H. The zero-order valence-electron chi connectivity index (χ0n) is 10.7. The van der Waals surface area contributed by atoms with E-state index in [0.29, 0.717) is 20.8 Å². The predicted octanol–water partition coefficient (Wildman–Crippen LogP) is 5.05. The summed E-state index contributed by atoms with van der Waals surface area (Å²) >= 11 is 13.1. The lowest BCUT2D eigenvalue weighted by molar-refractivity contribution is -0.107. The number of nitrogens with zero attached hydrogens (tertiary/aromatic N) is 1. The van der Waals surface area contributed by atoms with Crippen LogP contribution in [0.4, 0.5) is 0 Å². The van der Waals surface area contributed by atoms with Crippen molar-refractivity contribution in [3.63, 3.8) is 0 Å². The van der Waals surface area contributed by atoms with Crippen LogP contribution >= 0.6 is 35.0 Å². The summed E-state index contributed by atoms with van der Waals surface area (Å²) in [6.45, 7) is 0. The second-order valence-corrected chi connectivity index (χ2v) is 6.17. The molecule has 0 atom stereocenters. The molecule has 1 heterocycles. The Kier molecular flexibility index (Phi) is 4.15. The minimum Gasteiger partial charge on any atom is -0.279 e. The number of benzene rings is 2. The van der Waals surface area contributed by atoms with Gasteiger partial charge in [-0.15, -0.1) is 0 Å². The van der Waals surface area contributed by atoms with Crippen molar-refractivity contribution in [3.05, 3.63) is 75.4 Å². The second-order valence-electron chi connectivity index (χ2n) is 4.37. The maximum atomic E-state index is 12.1. The first kappa shape index (κ1) is 14.4. The van der Waals surface area contributed by atoms with Crippen LogP contribution in [0.1, 0.15) is 11.1 Å². The molecular weight excluding hydrogens is 325 g/mol. The zero-order chi connectivity index (χ0) is 14.8.